The summed E-state index contributed by atoms with van der Waals surface area (Å²) in [4.78, 5) is 23.0. The number of carbonyl (C=O) groups excluding carboxylic acids is 1. The van der Waals surface area contributed by atoms with E-state index in [1.807, 2.05) is 42.5 Å². The Morgan fingerprint density at radius 3 is 2.29 bits per heavy atom. The van der Waals surface area contributed by atoms with Crippen molar-refractivity contribution in [3.05, 3.63) is 60.2 Å². The molecule has 0 bridgehead atoms. The highest BCUT2D eigenvalue weighted by molar-refractivity contribution is 5.92. The van der Waals surface area contributed by atoms with Gasteiger partial charge in [-0.2, -0.15) is 0 Å². The number of hydrogen-bond acceptors (Lipinski definition) is 5. The number of para-hydroxylation sites is 1. The number of nitrogens with one attached hydrogen (secondary N) is 1. The number of pyridine rings is 1. The molecule has 1 N–H and O–H groups in total. The van der Waals surface area contributed by atoms with Crippen LogP contribution in [0.3, 0.4) is 0 Å². The molecule has 1 saturated heterocycles. The molecule has 0 spiro atoms. The Labute approximate surface area is 209 Å². The predicted octanol–water partition coefficient (Wildman–Crippen LogP) is 5.70. The highest BCUT2D eigenvalue weighted by Crippen LogP contribution is 2.37. The van der Waals surface area contributed by atoms with Crippen LogP contribution in [0.15, 0.2) is 54.6 Å². The number of nitrogens with zero attached hydrogens (tertiary/aromatic N) is 3. The van der Waals surface area contributed by atoms with Gasteiger partial charge in [-0.3, -0.25) is 9.80 Å². The zero-order chi connectivity index (χ0) is 24.8. The summed E-state index contributed by atoms with van der Waals surface area (Å²) in [6, 6.07) is 18.8. The van der Waals surface area contributed by atoms with Crippen molar-refractivity contribution in [2.24, 2.45) is 0 Å². The van der Waals surface area contributed by atoms with Crippen molar-refractivity contribution in [2.75, 3.05) is 26.2 Å². The molecule has 1 fully saturated rings. The molecule has 186 valence electrons. The molecule has 35 heavy (non-hydrogen) atoms. The van der Waals surface area contributed by atoms with E-state index in [-0.39, 0.29) is 6.04 Å². The molecular weight excluding hydrogens is 436 g/mol. The first-order chi connectivity index (χ1) is 17.0. The first-order valence-electron chi connectivity index (χ1n) is 12.9. The van der Waals surface area contributed by atoms with Crippen LogP contribution in [-0.4, -0.2) is 59.1 Å². The van der Waals surface area contributed by atoms with Crippen molar-refractivity contribution in [3.63, 3.8) is 0 Å². The lowest BCUT2D eigenvalue weighted by atomic mass is 10.0. The van der Waals surface area contributed by atoms with Gasteiger partial charge in [0.25, 0.3) is 0 Å². The Bertz CT molecular complexity index is 1120. The average Bonchev–Trinajstić information content (AvgIpc) is 2.89. The molecule has 0 radical (unpaired) electrons. The number of amides is 1. The smallest absolute Gasteiger partial charge is 0.409 e. The zero-order valence-electron chi connectivity index (χ0n) is 21.5. The lowest BCUT2D eigenvalue weighted by Gasteiger charge is -2.37. The number of ether oxygens (including phenoxy) is 1. The van der Waals surface area contributed by atoms with Gasteiger partial charge in [0, 0.05) is 61.3 Å². The fourth-order valence-corrected chi connectivity index (χ4v) is 4.76. The molecule has 2 aromatic carbocycles. The van der Waals surface area contributed by atoms with Crippen molar-refractivity contribution in [2.45, 2.75) is 59.2 Å². The highest BCUT2D eigenvalue weighted by atomic mass is 16.6. The minimum Gasteiger partial charge on any atom is -0.409 e. The second-order valence-corrected chi connectivity index (χ2v) is 9.60. The third-order valence-electron chi connectivity index (χ3n) is 7.01. The number of hydrogen-bond donors (Lipinski definition) is 1. The maximum absolute atomic E-state index is 13.0. The second-order valence-electron chi connectivity index (χ2n) is 9.60. The van der Waals surface area contributed by atoms with Crippen molar-refractivity contribution < 1.29 is 9.53 Å². The fraction of sp³-hybridized carbons (Fsp3) is 0.448. The van der Waals surface area contributed by atoms with Crippen LogP contribution >= 0.6 is 0 Å². The van der Waals surface area contributed by atoms with Gasteiger partial charge in [-0.25, -0.2) is 9.78 Å². The molecule has 0 saturated carbocycles. The van der Waals surface area contributed by atoms with Crippen LogP contribution in [0.1, 0.15) is 46.1 Å². The van der Waals surface area contributed by atoms with E-state index < -0.39 is 6.09 Å². The summed E-state index contributed by atoms with van der Waals surface area (Å²) >= 11 is 0. The fourth-order valence-electron chi connectivity index (χ4n) is 4.76. The molecular formula is C29H38N4O2. The highest BCUT2D eigenvalue weighted by Gasteiger charge is 2.25. The normalized spacial score (nSPS) is 15.1. The van der Waals surface area contributed by atoms with Crippen LogP contribution in [0.4, 0.5) is 4.79 Å². The van der Waals surface area contributed by atoms with E-state index in [2.05, 4.69) is 54.9 Å². The second kappa shape index (κ2) is 11.6. The van der Waals surface area contributed by atoms with Gasteiger partial charge in [-0.15, -0.1) is 0 Å². The molecule has 1 aliphatic heterocycles. The number of rotatable bonds is 8. The van der Waals surface area contributed by atoms with Gasteiger partial charge in [-0.05, 0) is 38.8 Å². The topological polar surface area (TPSA) is 57.7 Å². The van der Waals surface area contributed by atoms with Gasteiger partial charge in [-0.1, -0.05) is 56.3 Å². The average molecular weight is 475 g/mol. The van der Waals surface area contributed by atoms with E-state index in [0.29, 0.717) is 18.3 Å². The van der Waals surface area contributed by atoms with Crippen LogP contribution < -0.4 is 10.1 Å². The number of carbonyl (C=O) groups is 1. The third kappa shape index (κ3) is 6.00. The molecule has 0 atom stereocenters. The van der Waals surface area contributed by atoms with E-state index in [4.69, 9.17) is 9.72 Å². The van der Waals surface area contributed by atoms with Gasteiger partial charge in [0.05, 0.1) is 11.2 Å². The lowest BCUT2D eigenvalue weighted by molar-refractivity contribution is 0.103. The van der Waals surface area contributed by atoms with Crippen molar-refractivity contribution in [1.82, 2.24) is 20.1 Å². The molecule has 0 unspecified atom stereocenters. The quantitative estimate of drug-likeness (QED) is 0.454. The molecule has 1 aliphatic rings. The van der Waals surface area contributed by atoms with E-state index in [1.54, 1.807) is 0 Å². The molecule has 6 heteroatoms. The molecule has 1 aromatic heterocycles. The Kier molecular flexibility index (Phi) is 8.37. The third-order valence-corrected chi connectivity index (χ3v) is 7.01. The number of benzene rings is 2. The predicted molar refractivity (Wildman–Crippen MR) is 143 cm³/mol. The Hall–Kier alpha value is -2.96. The Morgan fingerprint density at radius 2 is 1.63 bits per heavy atom. The molecule has 3 aromatic rings. The standard InChI is InChI=1S/C29H38N4O2/c1-5-23(6-2)30-29(34)35-28-24-14-10-11-15-26(24)31-27(22-12-8-7-9-13-22)25(28)20-32-16-18-33(19-17-32)21(3)4/h7-15,21,23H,5-6,16-20H2,1-4H3,(H,30,34). The van der Waals surface area contributed by atoms with Gasteiger partial charge in [0.2, 0.25) is 0 Å². The zero-order valence-corrected chi connectivity index (χ0v) is 21.5. The number of piperazine rings is 1. The van der Waals surface area contributed by atoms with E-state index in [0.717, 1.165) is 66.7 Å². The first-order valence-corrected chi connectivity index (χ1v) is 12.9. The Morgan fingerprint density at radius 1 is 0.971 bits per heavy atom. The van der Waals surface area contributed by atoms with Gasteiger partial charge >= 0.3 is 6.09 Å². The van der Waals surface area contributed by atoms with Crippen LogP contribution in [0.25, 0.3) is 22.2 Å². The maximum atomic E-state index is 13.0. The van der Waals surface area contributed by atoms with Crippen LogP contribution in [0.2, 0.25) is 0 Å². The first kappa shape index (κ1) is 25.1. The van der Waals surface area contributed by atoms with Crippen LogP contribution in [-0.2, 0) is 6.54 Å². The summed E-state index contributed by atoms with van der Waals surface area (Å²) in [5, 5.41) is 3.90. The molecule has 4 rings (SSSR count). The number of fused-ring (bicyclic) bond motifs is 1. The summed E-state index contributed by atoms with van der Waals surface area (Å²) in [5.41, 5.74) is 3.69. The van der Waals surface area contributed by atoms with Crippen molar-refractivity contribution >= 4 is 17.0 Å². The largest absolute Gasteiger partial charge is 0.412 e. The summed E-state index contributed by atoms with van der Waals surface area (Å²) in [7, 11) is 0. The van der Waals surface area contributed by atoms with Crippen molar-refractivity contribution in [3.8, 4) is 17.0 Å². The molecule has 0 aliphatic carbocycles. The molecule has 1 amide bonds. The number of aromatic nitrogens is 1. The molecule has 6 nitrogen and oxygen atoms in total. The van der Waals surface area contributed by atoms with Gasteiger partial charge in [0.15, 0.2) is 0 Å². The minimum absolute atomic E-state index is 0.0942. The van der Waals surface area contributed by atoms with Crippen LogP contribution in [0, 0.1) is 0 Å². The van der Waals surface area contributed by atoms with Gasteiger partial charge < -0.3 is 10.1 Å². The van der Waals surface area contributed by atoms with Crippen LogP contribution in [0.5, 0.6) is 5.75 Å². The molecule has 2 heterocycles. The van der Waals surface area contributed by atoms with E-state index in [9.17, 15) is 4.79 Å². The Balaban J connectivity index is 1.76. The summed E-state index contributed by atoms with van der Waals surface area (Å²) < 4.78 is 6.13. The van der Waals surface area contributed by atoms with E-state index in [1.165, 1.54) is 0 Å². The van der Waals surface area contributed by atoms with Crippen molar-refractivity contribution in [1.29, 1.82) is 0 Å². The SMILES string of the molecule is CCC(CC)NC(=O)Oc1c(CN2CCN(C(C)C)CC2)c(-c2ccccc2)nc2ccccc12. The summed E-state index contributed by atoms with van der Waals surface area (Å²) in [6.07, 6.45) is 1.33. The monoisotopic (exact) mass is 474 g/mol. The van der Waals surface area contributed by atoms with E-state index >= 15 is 0 Å². The lowest BCUT2D eigenvalue weighted by Crippen LogP contribution is -2.48. The van der Waals surface area contributed by atoms with Gasteiger partial charge in [0.1, 0.15) is 5.75 Å². The minimum atomic E-state index is -0.403. The maximum Gasteiger partial charge on any atom is 0.412 e. The summed E-state index contributed by atoms with van der Waals surface area (Å²) in [6.45, 7) is 13.3. The summed E-state index contributed by atoms with van der Waals surface area (Å²) in [5.74, 6) is 0.615.